The average molecular weight is 160 g/mol. The number of hydrogen-bond donors (Lipinski definition) is 2. The van der Waals surface area contributed by atoms with Crippen LogP contribution in [0.1, 0.15) is 19.3 Å². The summed E-state index contributed by atoms with van der Waals surface area (Å²) < 4.78 is 0. The van der Waals surface area contributed by atoms with Gasteiger partial charge in [0.05, 0.1) is 6.42 Å². The van der Waals surface area contributed by atoms with Crippen molar-refractivity contribution in [1.29, 1.82) is 0 Å². The van der Waals surface area contributed by atoms with Gasteiger partial charge in [-0.1, -0.05) is 0 Å². The van der Waals surface area contributed by atoms with Crippen molar-refractivity contribution in [3.8, 4) is 0 Å². The SMILES string of the molecule is O=C(O)CC1(CS)CC1.[Li].[Li]. The van der Waals surface area contributed by atoms with Crippen molar-refractivity contribution >= 4 is 56.3 Å². The molecule has 0 atom stereocenters. The summed E-state index contributed by atoms with van der Waals surface area (Å²) in [7, 11) is 0. The van der Waals surface area contributed by atoms with E-state index < -0.39 is 5.97 Å². The molecule has 1 N–H and O–H groups in total. The van der Waals surface area contributed by atoms with Gasteiger partial charge in [-0.2, -0.15) is 12.6 Å². The smallest absolute Gasteiger partial charge is 0.303 e. The Bertz CT molecular complexity index is 137. The number of carbonyl (C=O) groups is 1. The minimum Gasteiger partial charge on any atom is -0.481 e. The summed E-state index contributed by atoms with van der Waals surface area (Å²) in [5.41, 5.74) is 0.0783. The third-order valence-electron chi connectivity index (χ3n) is 1.82. The maximum absolute atomic E-state index is 10.2. The van der Waals surface area contributed by atoms with Gasteiger partial charge in [-0.25, -0.2) is 0 Å². The molecule has 0 heterocycles. The quantitative estimate of drug-likeness (QED) is 0.463. The first kappa shape index (κ1) is 14.5. The molecule has 0 aliphatic heterocycles. The number of rotatable bonds is 3. The Morgan fingerprint density at radius 3 is 2.00 bits per heavy atom. The Morgan fingerprint density at radius 1 is 1.45 bits per heavy atom. The van der Waals surface area contributed by atoms with Crippen LogP contribution in [0.4, 0.5) is 0 Å². The van der Waals surface area contributed by atoms with Crippen LogP contribution in [0.15, 0.2) is 0 Å². The first-order chi connectivity index (χ1) is 4.18. The van der Waals surface area contributed by atoms with Crippen LogP contribution in [-0.4, -0.2) is 54.5 Å². The first-order valence-corrected chi connectivity index (χ1v) is 3.64. The zero-order valence-corrected chi connectivity index (χ0v) is 8.03. The third kappa shape index (κ3) is 4.56. The first-order valence-electron chi connectivity index (χ1n) is 3.01. The van der Waals surface area contributed by atoms with Crippen LogP contribution in [0, 0.1) is 5.41 Å². The van der Waals surface area contributed by atoms with E-state index in [1.807, 2.05) is 0 Å². The van der Waals surface area contributed by atoms with Crippen molar-refractivity contribution in [2.45, 2.75) is 19.3 Å². The Morgan fingerprint density at radius 2 is 1.91 bits per heavy atom. The van der Waals surface area contributed by atoms with Gasteiger partial charge < -0.3 is 5.11 Å². The maximum atomic E-state index is 10.2. The summed E-state index contributed by atoms with van der Waals surface area (Å²) in [5.74, 6) is 0.0285. The molecular formula is C6H10Li2O2S. The van der Waals surface area contributed by atoms with E-state index in [9.17, 15) is 4.79 Å². The van der Waals surface area contributed by atoms with Gasteiger partial charge in [-0.3, -0.25) is 4.79 Å². The molecule has 1 fully saturated rings. The van der Waals surface area contributed by atoms with Gasteiger partial charge in [-0.05, 0) is 24.0 Å². The second kappa shape index (κ2) is 5.62. The molecule has 1 aliphatic rings. The van der Waals surface area contributed by atoms with Crippen LogP contribution in [0.5, 0.6) is 0 Å². The van der Waals surface area contributed by atoms with Crippen LogP contribution in [0.25, 0.3) is 0 Å². The largest absolute Gasteiger partial charge is 0.481 e. The van der Waals surface area contributed by atoms with Crippen LogP contribution in [0.3, 0.4) is 0 Å². The van der Waals surface area contributed by atoms with Crippen molar-refractivity contribution in [1.82, 2.24) is 0 Å². The Labute approximate surface area is 96.3 Å². The number of aliphatic carboxylic acids is 1. The fourth-order valence-electron chi connectivity index (χ4n) is 0.888. The van der Waals surface area contributed by atoms with Gasteiger partial charge >= 0.3 is 5.97 Å². The second-order valence-electron chi connectivity index (χ2n) is 2.73. The molecule has 0 amide bonds. The topological polar surface area (TPSA) is 37.3 Å². The Balaban J connectivity index is 0. The molecule has 1 aliphatic carbocycles. The summed E-state index contributed by atoms with van der Waals surface area (Å²) in [6.45, 7) is 0. The van der Waals surface area contributed by atoms with Crippen LogP contribution in [-0.2, 0) is 4.79 Å². The molecule has 2 nitrogen and oxygen atoms in total. The summed E-state index contributed by atoms with van der Waals surface area (Å²) >= 11 is 4.07. The fraction of sp³-hybridized carbons (Fsp3) is 0.833. The van der Waals surface area contributed by atoms with Crippen molar-refractivity contribution in [2.24, 2.45) is 5.41 Å². The fourth-order valence-corrected chi connectivity index (χ4v) is 1.32. The number of carboxylic acid groups (broad SMARTS) is 1. The molecule has 0 saturated heterocycles. The van der Waals surface area contributed by atoms with Crippen LogP contribution < -0.4 is 0 Å². The molecule has 1 rings (SSSR count). The molecule has 0 aromatic heterocycles. The molecule has 0 aromatic carbocycles. The molecule has 0 bridgehead atoms. The number of hydrogen-bond acceptors (Lipinski definition) is 2. The number of thiol groups is 1. The molecule has 11 heavy (non-hydrogen) atoms. The van der Waals surface area contributed by atoms with E-state index in [0.717, 1.165) is 18.6 Å². The van der Waals surface area contributed by atoms with E-state index in [-0.39, 0.29) is 43.1 Å². The zero-order valence-electron chi connectivity index (χ0n) is 7.13. The van der Waals surface area contributed by atoms with Crippen molar-refractivity contribution in [3.05, 3.63) is 0 Å². The molecular weight excluding hydrogens is 150 g/mol. The summed E-state index contributed by atoms with van der Waals surface area (Å²) in [5, 5.41) is 8.39. The minimum absolute atomic E-state index is 0. The third-order valence-corrected chi connectivity index (χ3v) is 2.49. The van der Waals surface area contributed by atoms with Crippen molar-refractivity contribution in [2.75, 3.05) is 5.75 Å². The van der Waals surface area contributed by atoms with Gasteiger partial charge in [0.15, 0.2) is 0 Å². The van der Waals surface area contributed by atoms with Gasteiger partial charge in [-0.15, -0.1) is 0 Å². The average Bonchev–Trinajstić information content (AvgIpc) is 2.48. The maximum Gasteiger partial charge on any atom is 0.303 e. The molecule has 54 valence electrons. The van der Waals surface area contributed by atoms with E-state index in [1.165, 1.54) is 0 Å². The summed E-state index contributed by atoms with van der Waals surface area (Å²) in [6, 6.07) is 0. The standard InChI is InChI=1S/C6H10O2S.2Li/c7-5(8)3-6(4-9)1-2-6;;/h9H,1-4H2,(H,7,8);;. The van der Waals surface area contributed by atoms with Gasteiger partial charge in [0.1, 0.15) is 0 Å². The predicted octanol–water partition coefficient (Wildman–Crippen LogP) is 0.409. The second-order valence-corrected chi connectivity index (χ2v) is 3.04. The molecule has 2 radical (unpaired) electrons. The van der Waals surface area contributed by atoms with E-state index in [1.54, 1.807) is 0 Å². The minimum atomic E-state index is -0.693. The zero-order chi connectivity index (χ0) is 6.91. The molecule has 5 heteroatoms. The van der Waals surface area contributed by atoms with Gasteiger partial charge in [0.2, 0.25) is 0 Å². The normalized spacial score (nSPS) is 17.5. The molecule has 0 spiro atoms. The Hall–Kier alpha value is 1.01. The molecule has 0 aromatic rings. The van der Waals surface area contributed by atoms with Crippen molar-refractivity contribution < 1.29 is 9.90 Å². The predicted molar refractivity (Wildman–Crippen MR) is 49.3 cm³/mol. The van der Waals surface area contributed by atoms with Gasteiger partial charge in [0, 0.05) is 37.7 Å². The van der Waals surface area contributed by atoms with Crippen LogP contribution in [0.2, 0.25) is 0 Å². The van der Waals surface area contributed by atoms with Crippen LogP contribution >= 0.6 is 12.6 Å². The van der Waals surface area contributed by atoms with Crippen molar-refractivity contribution in [3.63, 3.8) is 0 Å². The number of carboxylic acids is 1. The van der Waals surface area contributed by atoms with E-state index in [2.05, 4.69) is 12.6 Å². The van der Waals surface area contributed by atoms with E-state index in [0.29, 0.717) is 6.42 Å². The Kier molecular flexibility index (Phi) is 7.43. The summed E-state index contributed by atoms with van der Waals surface area (Å²) in [4.78, 5) is 10.2. The van der Waals surface area contributed by atoms with E-state index in [4.69, 9.17) is 5.11 Å². The van der Waals surface area contributed by atoms with Gasteiger partial charge in [0.25, 0.3) is 0 Å². The molecule has 1 saturated carbocycles. The van der Waals surface area contributed by atoms with E-state index >= 15 is 0 Å². The molecule has 0 unspecified atom stereocenters. The monoisotopic (exact) mass is 160 g/mol. The summed E-state index contributed by atoms with van der Waals surface area (Å²) in [6.07, 6.45) is 2.39.